The van der Waals surface area contributed by atoms with Gasteiger partial charge in [0.2, 0.25) is 0 Å². The van der Waals surface area contributed by atoms with Gasteiger partial charge < -0.3 is 14.2 Å². The highest BCUT2D eigenvalue weighted by molar-refractivity contribution is 5.71. The zero-order valence-corrected chi connectivity index (χ0v) is 44.7. The Morgan fingerprint density at radius 2 is 0.537 bits per heavy atom. The number of ether oxygens (including phenoxy) is 3. The van der Waals surface area contributed by atoms with Crippen molar-refractivity contribution in [2.75, 3.05) is 13.2 Å². The molecule has 0 saturated carbocycles. The van der Waals surface area contributed by atoms with Gasteiger partial charge in [-0.2, -0.15) is 0 Å². The molecule has 0 bridgehead atoms. The Morgan fingerprint density at radius 1 is 0.299 bits per heavy atom. The quantitative estimate of drug-likeness (QED) is 0.0262. The third-order valence-corrected chi connectivity index (χ3v) is 12.8. The van der Waals surface area contributed by atoms with Gasteiger partial charge in [0.05, 0.1) is 0 Å². The second-order valence-corrected chi connectivity index (χ2v) is 19.6. The topological polar surface area (TPSA) is 78.9 Å². The van der Waals surface area contributed by atoms with Crippen LogP contribution in [-0.2, 0) is 28.6 Å². The van der Waals surface area contributed by atoms with Crippen molar-refractivity contribution < 1.29 is 28.6 Å². The SMILES string of the molecule is CCCCC/C=C\C/C=C\C/C=C\CCCCC(=O)OC[C@H](COC(=O)CCCCCCCCCCCCCCCCCCCCC)OC(=O)CCCCCCC/C=C\CCCCCCCC. The molecule has 0 aromatic rings. The summed E-state index contributed by atoms with van der Waals surface area (Å²) in [5, 5.41) is 0. The van der Waals surface area contributed by atoms with E-state index in [9.17, 15) is 14.4 Å². The maximum absolute atomic E-state index is 12.8. The lowest BCUT2D eigenvalue weighted by atomic mass is 10.0. The highest BCUT2D eigenvalue weighted by Crippen LogP contribution is 2.16. The number of esters is 3. The first-order valence-electron chi connectivity index (χ1n) is 29.1. The summed E-state index contributed by atoms with van der Waals surface area (Å²) in [7, 11) is 0. The number of allylic oxidation sites excluding steroid dienone is 8. The van der Waals surface area contributed by atoms with Crippen LogP contribution in [0.2, 0.25) is 0 Å². The second-order valence-electron chi connectivity index (χ2n) is 19.6. The predicted octanol–water partition coefficient (Wildman–Crippen LogP) is 19.4. The monoisotopic (exact) mass is 939 g/mol. The van der Waals surface area contributed by atoms with Gasteiger partial charge in [-0.05, 0) is 83.5 Å². The van der Waals surface area contributed by atoms with Gasteiger partial charge in [0.15, 0.2) is 6.10 Å². The first kappa shape index (κ1) is 64.4. The van der Waals surface area contributed by atoms with E-state index < -0.39 is 6.10 Å². The molecular weight excluding hydrogens is 829 g/mol. The molecule has 0 heterocycles. The molecule has 1 atom stereocenters. The van der Waals surface area contributed by atoms with Crippen molar-refractivity contribution >= 4 is 17.9 Å². The van der Waals surface area contributed by atoms with Crippen molar-refractivity contribution in [2.24, 2.45) is 0 Å². The van der Waals surface area contributed by atoms with E-state index in [-0.39, 0.29) is 31.1 Å². The predicted molar refractivity (Wildman–Crippen MR) is 289 cm³/mol. The Kier molecular flexibility index (Phi) is 53.8. The smallest absolute Gasteiger partial charge is 0.306 e. The molecule has 0 spiro atoms. The molecule has 0 saturated heterocycles. The summed E-state index contributed by atoms with van der Waals surface area (Å²) in [4.78, 5) is 38.1. The van der Waals surface area contributed by atoms with Crippen LogP contribution in [0.1, 0.15) is 303 Å². The summed E-state index contributed by atoms with van der Waals surface area (Å²) in [6, 6.07) is 0. The van der Waals surface area contributed by atoms with Crippen molar-refractivity contribution in [3.05, 3.63) is 48.6 Å². The Hall–Kier alpha value is -2.63. The van der Waals surface area contributed by atoms with Gasteiger partial charge in [0.1, 0.15) is 13.2 Å². The first-order valence-corrected chi connectivity index (χ1v) is 29.1. The number of rotatable bonds is 53. The zero-order chi connectivity index (χ0) is 48.6. The Morgan fingerprint density at radius 3 is 0.910 bits per heavy atom. The molecule has 0 aliphatic rings. The van der Waals surface area contributed by atoms with Gasteiger partial charge >= 0.3 is 17.9 Å². The van der Waals surface area contributed by atoms with Crippen LogP contribution in [-0.4, -0.2) is 37.2 Å². The fourth-order valence-electron chi connectivity index (χ4n) is 8.39. The third-order valence-electron chi connectivity index (χ3n) is 12.8. The molecule has 0 aliphatic carbocycles. The molecule has 0 amide bonds. The molecular formula is C61H110O6. The van der Waals surface area contributed by atoms with Crippen LogP contribution >= 0.6 is 0 Å². The lowest BCUT2D eigenvalue weighted by Crippen LogP contribution is -2.30. The molecule has 0 aliphatic heterocycles. The van der Waals surface area contributed by atoms with E-state index in [2.05, 4.69) is 69.4 Å². The van der Waals surface area contributed by atoms with E-state index in [4.69, 9.17) is 14.2 Å². The molecule has 67 heavy (non-hydrogen) atoms. The molecule has 0 rings (SSSR count). The minimum atomic E-state index is -0.791. The van der Waals surface area contributed by atoms with Crippen LogP contribution in [0.4, 0.5) is 0 Å². The van der Waals surface area contributed by atoms with E-state index in [1.165, 1.54) is 180 Å². The fraction of sp³-hybridized carbons (Fsp3) is 0.820. The largest absolute Gasteiger partial charge is 0.462 e. The molecule has 6 heteroatoms. The average Bonchev–Trinajstić information content (AvgIpc) is 3.33. The molecule has 0 unspecified atom stereocenters. The number of hydrogen-bond acceptors (Lipinski definition) is 6. The van der Waals surface area contributed by atoms with Crippen LogP contribution in [0.25, 0.3) is 0 Å². The van der Waals surface area contributed by atoms with E-state index in [1.807, 2.05) is 0 Å². The van der Waals surface area contributed by atoms with E-state index >= 15 is 0 Å². The third kappa shape index (κ3) is 54.2. The van der Waals surface area contributed by atoms with E-state index in [1.54, 1.807) is 0 Å². The summed E-state index contributed by atoms with van der Waals surface area (Å²) >= 11 is 0. The Bertz CT molecular complexity index is 1170. The maximum atomic E-state index is 12.8. The molecule has 0 aromatic heterocycles. The molecule has 390 valence electrons. The van der Waals surface area contributed by atoms with Crippen molar-refractivity contribution in [2.45, 2.75) is 309 Å². The van der Waals surface area contributed by atoms with Gasteiger partial charge in [-0.25, -0.2) is 0 Å². The van der Waals surface area contributed by atoms with Crippen LogP contribution in [0.3, 0.4) is 0 Å². The fourth-order valence-corrected chi connectivity index (χ4v) is 8.39. The zero-order valence-electron chi connectivity index (χ0n) is 44.7. The normalized spacial score (nSPS) is 12.3. The number of hydrogen-bond donors (Lipinski definition) is 0. The highest BCUT2D eigenvalue weighted by atomic mass is 16.6. The van der Waals surface area contributed by atoms with Crippen molar-refractivity contribution in [3.8, 4) is 0 Å². The van der Waals surface area contributed by atoms with Gasteiger partial charge in [0, 0.05) is 19.3 Å². The maximum Gasteiger partial charge on any atom is 0.306 e. The molecule has 0 aromatic carbocycles. The van der Waals surface area contributed by atoms with Gasteiger partial charge in [-0.1, -0.05) is 249 Å². The van der Waals surface area contributed by atoms with Crippen molar-refractivity contribution in [1.29, 1.82) is 0 Å². The standard InChI is InChI=1S/C61H110O6/c1-4-7-10-13-16-19-22-25-28-29-30-31-34-36-39-42-45-48-51-54-60(63)66-57-58(67-61(64)55-52-49-46-43-40-37-33-27-24-21-18-15-12-9-6-3)56-65-59(62)53-50-47-44-41-38-35-32-26-23-20-17-14-11-8-5-2/h17,20,26-27,32-33,38,41,58H,4-16,18-19,21-25,28-31,34-37,39-40,42-57H2,1-3H3/b20-17-,32-26-,33-27-,41-38-/t58-/m1/s1. The molecule has 0 fully saturated rings. The van der Waals surface area contributed by atoms with Gasteiger partial charge in [-0.3, -0.25) is 14.4 Å². The lowest BCUT2D eigenvalue weighted by Gasteiger charge is -2.18. The highest BCUT2D eigenvalue weighted by Gasteiger charge is 2.19. The lowest BCUT2D eigenvalue weighted by molar-refractivity contribution is -0.167. The van der Waals surface area contributed by atoms with Crippen LogP contribution in [0.15, 0.2) is 48.6 Å². The summed E-state index contributed by atoms with van der Waals surface area (Å²) < 4.78 is 16.8. The van der Waals surface area contributed by atoms with Crippen LogP contribution in [0.5, 0.6) is 0 Å². The minimum absolute atomic E-state index is 0.0855. The Balaban J connectivity index is 4.38. The second kappa shape index (κ2) is 56.0. The molecule has 0 N–H and O–H groups in total. The summed E-state index contributed by atoms with van der Waals surface area (Å²) in [6.45, 7) is 6.60. The average molecular weight is 940 g/mol. The number of carbonyl (C=O) groups excluding carboxylic acids is 3. The van der Waals surface area contributed by atoms with Crippen LogP contribution in [0, 0.1) is 0 Å². The van der Waals surface area contributed by atoms with E-state index in [0.29, 0.717) is 19.3 Å². The minimum Gasteiger partial charge on any atom is -0.462 e. The summed E-state index contributed by atoms with van der Waals surface area (Å²) in [5.74, 6) is -0.919. The van der Waals surface area contributed by atoms with Crippen molar-refractivity contribution in [1.82, 2.24) is 0 Å². The van der Waals surface area contributed by atoms with Gasteiger partial charge in [-0.15, -0.1) is 0 Å². The van der Waals surface area contributed by atoms with Gasteiger partial charge in [0.25, 0.3) is 0 Å². The summed E-state index contributed by atoms with van der Waals surface area (Å²) in [5.41, 5.74) is 0. The Labute approximate surface area is 416 Å². The number of unbranched alkanes of at least 4 members (excludes halogenated alkanes) is 34. The van der Waals surface area contributed by atoms with Crippen molar-refractivity contribution in [3.63, 3.8) is 0 Å². The summed E-state index contributed by atoms with van der Waals surface area (Å²) in [6.07, 6.45) is 68.2. The van der Waals surface area contributed by atoms with E-state index in [0.717, 1.165) is 83.5 Å². The number of carbonyl (C=O) groups is 3. The van der Waals surface area contributed by atoms with Crippen LogP contribution < -0.4 is 0 Å². The first-order chi connectivity index (χ1) is 33.0. The molecule has 0 radical (unpaired) electrons. The molecule has 6 nitrogen and oxygen atoms in total.